The van der Waals surface area contributed by atoms with Gasteiger partial charge in [0, 0.05) is 49.8 Å². The average Bonchev–Trinajstić information content (AvgIpc) is 3.15. The smallest absolute Gasteiger partial charge is 0.223 e. The molecule has 0 bridgehead atoms. The average molecular weight is 337 g/mol. The molecule has 2 aliphatic heterocycles. The van der Waals surface area contributed by atoms with Gasteiger partial charge in [-0.15, -0.1) is 0 Å². The van der Waals surface area contributed by atoms with E-state index in [4.69, 9.17) is 0 Å². The number of amides is 1. The quantitative estimate of drug-likeness (QED) is 0.815. The second-order valence-electron chi connectivity index (χ2n) is 6.50. The first-order chi connectivity index (χ1) is 11.0. The summed E-state index contributed by atoms with van der Waals surface area (Å²) in [5.74, 6) is 0.654. The van der Waals surface area contributed by atoms with E-state index in [1.54, 1.807) is 12.3 Å². The Kier molecular flexibility index (Phi) is 4.84. The van der Waals surface area contributed by atoms with E-state index in [0.29, 0.717) is 12.3 Å². The van der Waals surface area contributed by atoms with Gasteiger partial charge in [0.25, 0.3) is 0 Å². The molecule has 0 spiro atoms. The number of aromatic nitrogens is 2. The number of aryl methyl sites for hydroxylation is 1. The van der Waals surface area contributed by atoms with Gasteiger partial charge in [0.15, 0.2) is 9.84 Å². The van der Waals surface area contributed by atoms with Crippen LogP contribution in [0.15, 0.2) is 29.9 Å². The molecule has 1 amide bonds. The van der Waals surface area contributed by atoms with Crippen LogP contribution in [0.1, 0.15) is 25.7 Å². The Hall–Kier alpha value is -1.63. The number of piperidine rings is 1. The fourth-order valence-corrected chi connectivity index (χ4v) is 4.74. The fourth-order valence-electron chi connectivity index (χ4n) is 3.34. The molecule has 3 rings (SSSR count). The maximum absolute atomic E-state index is 12.3. The second kappa shape index (κ2) is 6.86. The molecule has 126 valence electrons. The van der Waals surface area contributed by atoms with Crippen molar-refractivity contribution in [2.45, 2.75) is 32.2 Å². The molecule has 1 aromatic rings. The van der Waals surface area contributed by atoms with Gasteiger partial charge in [-0.2, -0.15) is 5.10 Å². The first-order valence-electron chi connectivity index (χ1n) is 8.18. The summed E-state index contributed by atoms with van der Waals surface area (Å²) < 4.78 is 24.7. The topological polar surface area (TPSA) is 72.3 Å². The van der Waals surface area contributed by atoms with Crippen molar-refractivity contribution in [3.8, 4) is 0 Å². The van der Waals surface area contributed by atoms with Crippen LogP contribution in [-0.4, -0.2) is 47.8 Å². The maximum atomic E-state index is 12.3. The summed E-state index contributed by atoms with van der Waals surface area (Å²) in [6, 6.07) is 1.93. The number of rotatable bonds is 5. The van der Waals surface area contributed by atoms with Crippen LogP contribution in [0.25, 0.3) is 0 Å². The third-order valence-corrected chi connectivity index (χ3v) is 6.20. The molecule has 0 saturated carbocycles. The summed E-state index contributed by atoms with van der Waals surface area (Å²) in [5, 5.41) is 5.45. The number of allylic oxidation sites excluding steroid dienone is 1. The SMILES string of the molecule is O=C(CC1C=CS(=O)(=O)C1)N1CCC(CCn2cccn2)CC1. The lowest BCUT2D eigenvalue weighted by atomic mass is 9.93. The first-order valence-corrected chi connectivity index (χ1v) is 9.89. The van der Waals surface area contributed by atoms with Crippen molar-refractivity contribution in [1.29, 1.82) is 0 Å². The van der Waals surface area contributed by atoms with E-state index in [2.05, 4.69) is 5.10 Å². The third kappa shape index (κ3) is 4.43. The van der Waals surface area contributed by atoms with Crippen LogP contribution in [0.5, 0.6) is 0 Å². The largest absolute Gasteiger partial charge is 0.343 e. The lowest BCUT2D eigenvalue weighted by Crippen LogP contribution is -2.39. The molecule has 1 aromatic heterocycles. The van der Waals surface area contributed by atoms with Crippen LogP contribution >= 0.6 is 0 Å². The lowest BCUT2D eigenvalue weighted by Gasteiger charge is -2.32. The van der Waals surface area contributed by atoms with E-state index in [1.807, 2.05) is 21.8 Å². The summed E-state index contributed by atoms with van der Waals surface area (Å²) in [6.07, 6.45) is 8.86. The van der Waals surface area contributed by atoms with Crippen LogP contribution in [0.4, 0.5) is 0 Å². The van der Waals surface area contributed by atoms with Gasteiger partial charge < -0.3 is 4.90 Å². The third-order valence-electron chi connectivity index (χ3n) is 4.73. The number of sulfone groups is 1. The van der Waals surface area contributed by atoms with Crippen LogP contribution in [0, 0.1) is 11.8 Å². The molecule has 1 saturated heterocycles. The second-order valence-corrected chi connectivity index (χ2v) is 8.44. The van der Waals surface area contributed by atoms with Crippen molar-refractivity contribution in [2.24, 2.45) is 11.8 Å². The zero-order valence-electron chi connectivity index (χ0n) is 13.2. The highest BCUT2D eigenvalue weighted by Gasteiger charge is 2.28. The number of nitrogens with zero attached hydrogens (tertiary/aromatic N) is 3. The molecule has 7 heteroatoms. The Bertz CT molecular complexity index is 659. The number of hydrogen-bond acceptors (Lipinski definition) is 4. The lowest BCUT2D eigenvalue weighted by molar-refractivity contribution is -0.133. The Morgan fingerprint density at radius 1 is 1.26 bits per heavy atom. The van der Waals surface area contributed by atoms with Crippen molar-refractivity contribution in [2.75, 3.05) is 18.8 Å². The van der Waals surface area contributed by atoms with Crippen molar-refractivity contribution in [3.05, 3.63) is 29.9 Å². The van der Waals surface area contributed by atoms with Gasteiger partial charge in [0.1, 0.15) is 0 Å². The summed E-state index contributed by atoms with van der Waals surface area (Å²) in [7, 11) is -3.07. The van der Waals surface area contributed by atoms with E-state index in [9.17, 15) is 13.2 Å². The number of carbonyl (C=O) groups excluding carboxylic acids is 1. The predicted octanol–water partition coefficient (Wildman–Crippen LogP) is 1.46. The molecule has 1 fully saturated rings. The molecule has 0 N–H and O–H groups in total. The summed E-state index contributed by atoms with van der Waals surface area (Å²) in [5.41, 5.74) is 0. The molecule has 2 aliphatic rings. The standard InChI is InChI=1S/C16H23N3O3S/c20-16(12-15-5-11-23(21,22)13-15)18-8-2-14(3-9-18)4-10-19-7-1-6-17-19/h1,5-7,11,14-15H,2-4,8-10,12-13H2. The van der Waals surface area contributed by atoms with E-state index in [0.717, 1.165) is 38.9 Å². The molecule has 6 nitrogen and oxygen atoms in total. The number of carbonyl (C=O) groups is 1. The predicted molar refractivity (Wildman–Crippen MR) is 87.2 cm³/mol. The van der Waals surface area contributed by atoms with Gasteiger partial charge in [0.05, 0.1) is 5.75 Å². The summed E-state index contributed by atoms with van der Waals surface area (Å²) >= 11 is 0. The van der Waals surface area contributed by atoms with E-state index < -0.39 is 9.84 Å². The molecule has 1 atom stereocenters. The van der Waals surface area contributed by atoms with E-state index in [-0.39, 0.29) is 17.6 Å². The summed E-state index contributed by atoms with van der Waals surface area (Å²) in [4.78, 5) is 14.2. The van der Waals surface area contributed by atoms with Crippen LogP contribution in [0.2, 0.25) is 0 Å². The van der Waals surface area contributed by atoms with Crippen molar-refractivity contribution in [1.82, 2.24) is 14.7 Å². The van der Waals surface area contributed by atoms with Gasteiger partial charge in [-0.3, -0.25) is 9.48 Å². The molecule has 0 aromatic carbocycles. The zero-order chi connectivity index (χ0) is 16.3. The minimum atomic E-state index is -3.07. The van der Waals surface area contributed by atoms with E-state index >= 15 is 0 Å². The Morgan fingerprint density at radius 3 is 2.65 bits per heavy atom. The van der Waals surface area contributed by atoms with E-state index in [1.165, 1.54) is 5.41 Å². The molecule has 0 radical (unpaired) electrons. The van der Waals surface area contributed by atoms with Crippen molar-refractivity contribution >= 4 is 15.7 Å². The van der Waals surface area contributed by atoms with Crippen LogP contribution < -0.4 is 0 Å². The molecule has 0 aliphatic carbocycles. The van der Waals surface area contributed by atoms with Gasteiger partial charge in [0.2, 0.25) is 5.91 Å². The fraction of sp³-hybridized carbons (Fsp3) is 0.625. The minimum Gasteiger partial charge on any atom is -0.343 e. The van der Waals surface area contributed by atoms with Gasteiger partial charge in [-0.1, -0.05) is 6.08 Å². The highest BCUT2D eigenvalue weighted by atomic mass is 32.2. The monoisotopic (exact) mass is 337 g/mol. The Morgan fingerprint density at radius 2 is 2.04 bits per heavy atom. The van der Waals surface area contributed by atoms with Gasteiger partial charge in [-0.05, 0) is 31.2 Å². The van der Waals surface area contributed by atoms with Crippen molar-refractivity contribution in [3.63, 3.8) is 0 Å². The molecule has 23 heavy (non-hydrogen) atoms. The molecular formula is C16H23N3O3S. The molecule has 3 heterocycles. The molecular weight excluding hydrogens is 314 g/mol. The van der Waals surface area contributed by atoms with Crippen molar-refractivity contribution < 1.29 is 13.2 Å². The molecule has 1 unspecified atom stereocenters. The Labute approximate surface area is 137 Å². The first kappa shape index (κ1) is 16.2. The highest BCUT2D eigenvalue weighted by Crippen LogP contribution is 2.24. The normalized spacial score (nSPS) is 24.2. The number of hydrogen-bond donors (Lipinski definition) is 0. The van der Waals surface area contributed by atoms with Crippen LogP contribution in [-0.2, 0) is 21.2 Å². The summed E-state index contributed by atoms with van der Waals surface area (Å²) in [6.45, 7) is 2.49. The minimum absolute atomic E-state index is 0.0824. The number of likely N-dealkylation sites (tertiary alicyclic amines) is 1. The Balaban J connectivity index is 1.40. The van der Waals surface area contributed by atoms with Gasteiger partial charge in [-0.25, -0.2) is 8.42 Å². The maximum Gasteiger partial charge on any atom is 0.223 e. The van der Waals surface area contributed by atoms with Crippen LogP contribution in [0.3, 0.4) is 0 Å². The van der Waals surface area contributed by atoms with Gasteiger partial charge >= 0.3 is 0 Å². The zero-order valence-corrected chi connectivity index (χ0v) is 14.0. The highest BCUT2D eigenvalue weighted by molar-refractivity contribution is 7.94.